The SMILES string of the molecule is O=C(NCCNc1ccccn1)C(=Cc1ccccc1)NC(=O)c1ccccc1. The van der Waals surface area contributed by atoms with Crippen molar-refractivity contribution in [2.24, 2.45) is 0 Å². The lowest BCUT2D eigenvalue weighted by Gasteiger charge is -2.12. The second-order valence-corrected chi connectivity index (χ2v) is 6.19. The van der Waals surface area contributed by atoms with Crippen molar-refractivity contribution in [1.82, 2.24) is 15.6 Å². The molecule has 3 aromatic rings. The Morgan fingerprint density at radius 1 is 0.828 bits per heavy atom. The molecule has 2 amide bonds. The Labute approximate surface area is 169 Å². The van der Waals surface area contributed by atoms with Crippen LogP contribution in [0, 0.1) is 0 Å². The fraction of sp³-hybridized carbons (Fsp3) is 0.0870. The molecule has 1 aromatic heterocycles. The molecule has 2 aromatic carbocycles. The third-order valence-corrected chi connectivity index (χ3v) is 4.02. The van der Waals surface area contributed by atoms with Crippen LogP contribution < -0.4 is 16.0 Å². The van der Waals surface area contributed by atoms with Crippen LogP contribution in [0.4, 0.5) is 5.82 Å². The molecule has 3 N–H and O–H groups in total. The van der Waals surface area contributed by atoms with Gasteiger partial charge in [-0.15, -0.1) is 0 Å². The van der Waals surface area contributed by atoms with E-state index in [0.717, 1.165) is 11.4 Å². The number of pyridine rings is 1. The smallest absolute Gasteiger partial charge is 0.267 e. The van der Waals surface area contributed by atoms with Crippen LogP contribution >= 0.6 is 0 Å². The first-order valence-electron chi connectivity index (χ1n) is 9.28. The quantitative estimate of drug-likeness (QED) is 0.410. The van der Waals surface area contributed by atoms with Gasteiger partial charge in [0.25, 0.3) is 11.8 Å². The van der Waals surface area contributed by atoms with E-state index in [-0.39, 0.29) is 17.5 Å². The normalized spacial score (nSPS) is 10.8. The maximum atomic E-state index is 12.7. The molecule has 0 atom stereocenters. The van der Waals surface area contributed by atoms with Crippen LogP contribution in [-0.4, -0.2) is 29.9 Å². The van der Waals surface area contributed by atoms with Crippen molar-refractivity contribution < 1.29 is 9.59 Å². The summed E-state index contributed by atoms with van der Waals surface area (Å²) < 4.78 is 0. The number of amides is 2. The zero-order valence-electron chi connectivity index (χ0n) is 15.8. The minimum atomic E-state index is -0.360. The molecule has 0 fully saturated rings. The third-order valence-electron chi connectivity index (χ3n) is 4.02. The van der Waals surface area contributed by atoms with E-state index in [4.69, 9.17) is 0 Å². The van der Waals surface area contributed by atoms with Crippen LogP contribution in [0.15, 0.2) is 90.8 Å². The molecule has 0 aliphatic rings. The largest absolute Gasteiger partial charge is 0.368 e. The van der Waals surface area contributed by atoms with Crippen molar-refractivity contribution in [3.63, 3.8) is 0 Å². The summed E-state index contributed by atoms with van der Waals surface area (Å²) in [6.07, 6.45) is 3.35. The molecule has 1 heterocycles. The van der Waals surface area contributed by atoms with Gasteiger partial charge in [-0.1, -0.05) is 54.6 Å². The topological polar surface area (TPSA) is 83.1 Å². The summed E-state index contributed by atoms with van der Waals surface area (Å²) in [6.45, 7) is 0.886. The molecular weight excluding hydrogens is 364 g/mol. The average molecular weight is 386 g/mol. The van der Waals surface area contributed by atoms with E-state index in [1.807, 2.05) is 54.6 Å². The van der Waals surface area contributed by atoms with Gasteiger partial charge in [0.15, 0.2) is 0 Å². The summed E-state index contributed by atoms with van der Waals surface area (Å²) in [5, 5.41) is 8.66. The number of hydrogen-bond donors (Lipinski definition) is 3. The van der Waals surface area contributed by atoms with Gasteiger partial charge >= 0.3 is 0 Å². The van der Waals surface area contributed by atoms with Crippen LogP contribution in [0.5, 0.6) is 0 Å². The second kappa shape index (κ2) is 10.4. The summed E-state index contributed by atoms with van der Waals surface area (Å²) in [5.74, 6) is 0.0367. The Bertz CT molecular complexity index is 958. The van der Waals surface area contributed by atoms with Gasteiger partial charge < -0.3 is 16.0 Å². The lowest BCUT2D eigenvalue weighted by Crippen LogP contribution is -2.36. The first-order chi connectivity index (χ1) is 14.2. The number of nitrogens with zero attached hydrogens (tertiary/aromatic N) is 1. The van der Waals surface area contributed by atoms with Gasteiger partial charge in [-0.3, -0.25) is 9.59 Å². The molecule has 6 heteroatoms. The zero-order valence-corrected chi connectivity index (χ0v) is 15.8. The van der Waals surface area contributed by atoms with Crippen LogP contribution in [0.2, 0.25) is 0 Å². The second-order valence-electron chi connectivity index (χ2n) is 6.19. The molecule has 146 valence electrons. The van der Waals surface area contributed by atoms with Gasteiger partial charge in [-0.2, -0.15) is 0 Å². The Balaban J connectivity index is 1.64. The summed E-state index contributed by atoms with van der Waals surface area (Å²) in [6, 6.07) is 23.7. The predicted octanol–water partition coefficient (Wildman–Crippen LogP) is 3.08. The van der Waals surface area contributed by atoms with Crippen LogP contribution in [0.1, 0.15) is 15.9 Å². The van der Waals surface area contributed by atoms with Crippen molar-refractivity contribution in [2.45, 2.75) is 0 Å². The van der Waals surface area contributed by atoms with E-state index in [1.54, 1.807) is 36.5 Å². The first-order valence-corrected chi connectivity index (χ1v) is 9.28. The highest BCUT2D eigenvalue weighted by Gasteiger charge is 2.14. The van der Waals surface area contributed by atoms with Crippen molar-refractivity contribution in [3.8, 4) is 0 Å². The van der Waals surface area contributed by atoms with E-state index in [0.29, 0.717) is 18.7 Å². The molecular formula is C23H22N4O2. The van der Waals surface area contributed by atoms with E-state index < -0.39 is 0 Å². The Morgan fingerprint density at radius 3 is 2.21 bits per heavy atom. The molecule has 0 saturated carbocycles. The number of aromatic nitrogens is 1. The van der Waals surface area contributed by atoms with Gasteiger partial charge in [0.1, 0.15) is 11.5 Å². The summed E-state index contributed by atoms with van der Waals surface area (Å²) in [7, 11) is 0. The monoisotopic (exact) mass is 386 g/mol. The zero-order chi connectivity index (χ0) is 20.3. The van der Waals surface area contributed by atoms with Crippen molar-refractivity contribution in [1.29, 1.82) is 0 Å². The summed E-state index contributed by atoms with van der Waals surface area (Å²) in [5.41, 5.74) is 1.48. The molecule has 0 saturated heterocycles. The molecule has 0 aliphatic heterocycles. The number of anilines is 1. The van der Waals surface area contributed by atoms with Gasteiger partial charge in [0, 0.05) is 24.8 Å². The molecule has 0 bridgehead atoms. The van der Waals surface area contributed by atoms with Gasteiger partial charge in [0.2, 0.25) is 0 Å². The van der Waals surface area contributed by atoms with E-state index in [9.17, 15) is 9.59 Å². The van der Waals surface area contributed by atoms with Crippen LogP contribution in [0.3, 0.4) is 0 Å². The fourth-order valence-electron chi connectivity index (χ4n) is 2.59. The van der Waals surface area contributed by atoms with Crippen molar-refractivity contribution in [2.75, 3.05) is 18.4 Å². The summed E-state index contributed by atoms with van der Waals surface area (Å²) >= 11 is 0. The number of nitrogens with one attached hydrogen (secondary N) is 3. The number of hydrogen-bond acceptors (Lipinski definition) is 4. The highest BCUT2D eigenvalue weighted by atomic mass is 16.2. The molecule has 0 unspecified atom stereocenters. The number of carbonyl (C=O) groups excluding carboxylic acids is 2. The Hall–Kier alpha value is -3.93. The summed E-state index contributed by atoms with van der Waals surface area (Å²) in [4.78, 5) is 29.4. The van der Waals surface area contributed by atoms with Crippen LogP contribution in [-0.2, 0) is 4.79 Å². The lowest BCUT2D eigenvalue weighted by atomic mass is 10.1. The lowest BCUT2D eigenvalue weighted by molar-refractivity contribution is -0.117. The van der Waals surface area contributed by atoms with Crippen LogP contribution in [0.25, 0.3) is 6.08 Å². The highest BCUT2D eigenvalue weighted by molar-refractivity contribution is 6.05. The molecule has 3 rings (SSSR count). The molecule has 6 nitrogen and oxygen atoms in total. The van der Waals surface area contributed by atoms with Gasteiger partial charge in [-0.05, 0) is 35.9 Å². The predicted molar refractivity (Wildman–Crippen MR) is 114 cm³/mol. The average Bonchev–Trinajstić information content (AvgIpc) is 2.78. The molecule has 29 heavy (non-hydrogen) atoms. The minimum absolute atomic E-state index is 0.183. The van der Waals surface area contributed by atoms with E-state index >= 15 is 0 Å². The van der Waals surface area contributed by atoms with Gasteiger partial charge in [-0.25, -0.2) is 4.98 Å². The van der Waals surface area contributed by atoms with Gasteiger partial charge in [0.05, 0.1) is 0 Å². The van der Waals surface area contributed by atoms with E-state index in [1.165, 1.54) is 0 Å². The number of rotatable bonds is 8. The Kier molecular flexibility index (Phi) is 7.12. The fourth-order valence-corrected chi connectivity index (χ4v) is 2.59. The number of benzene rings is 2. The maximum absolute atomic E-state index is 12.7. The minimum Gasteiger partial charge on any atom is -0.368 e. The first kappa shape index (κ1) is 19.8. The van der Waals surface area contributed by atoms with E-state index in [2.05, 4.69) is 20.9 Å². The van der Waals surface area contributed by atoms with Crippen molar-refractivity contribution >= 4 is 23.7 Å². The van der Waals surface area contributed by atoms with Crippen molar-refractivity contribution in [3.05, 3.63) is 102 Å². The highest BCUT2D eigenvalue weighted by Crippen LogP contribution is 2.07. The maximum Gasteiger partial charge on any atom is 0.267 e. The standard InChI is InChI=1S/C23H22N4O2/c28-22(19-11-5-2-6-12-19)27-20(17-18-9-3-1-4-10-18)23(29)26-16-15-25-21-13-7-8-14-24-21/h1-14,17H,15-16H2,(H,24,25)(H,26,29)(H,27,28). The third kappa shape index (κ3) is 6.32. The molecule has 0 spiro atoms. The number of carbonyl (C=O) groups is 2. The Morgan fingerprint density at radius 2 is 1.52 bits per heavy atom. The molecule has 0 radical (unpaired) electrons. The molecule has 0 aliphatic carbocycles.